The van der Waals surface area contributed by atoms with Crippen LogP contribution in [0.2, 0.25) is 0 Å². The summed E-state index contributed by atoms with van der Waals surface area (Å²) < 4.78 is 46.2. The maximum atomic E-state index is 13.3. The lowest BCUT2D eigenvalue weighted by molar-refractivity contribution is -0.146. The lowest BCUT2D eigenvalue weighted by Gasteiger charge is -2.36. The van der Waals surface area contributed by atoms with Gasteiger partial charge in [-0.15, -0.1) is 0 Å². The number of carbonyl (C=O) groups excluding carboxylic acids is 1. The van der Waals surface area contributed by atoms with Crippen molar-refractivity contribution in [3.05, 3.63) is 30.1 Å². The molecule has 0 saturated carbocycles. The Morgan fingerprint density at radius 2 is 2.24 bits per heavy atom. The summed E-state index contributed by atoms with van der Waals surface area (Å²) in [5, 5.41) is 3.11. The van der Waals surface area contributed by atoms with Gasteiger partial charge in [0.2, 0.25) is 10.0 Å². The zero-order chi connectivity index (χ0) is 17.9. The molecule has 2 fully saturated rings. The number of morpholine rings is 1. The summed E-state index contributed by atoms with van der Waals surface area (Å²) in [6.07, 6.45) is 0.803. The van der Waals surface area contributed by atoms with Crippen LogP contribution in [-0.4, -0.2) is 64.2 Å². The van der Waals surface area contributed by atoms with Crippen molar-refractivity contribution in [3.8, 4) is 0 Å². The lowest BCUT2D eigenvalue weighted by atomic mass is 10.1. The van der Waals surface area contributed by atoms with Gasteiger partial charge in [0.15, 0.2) is 0 Å². The van der Waals surface area contributed by atoms with E-state index in [4.69, 9.17) is 4.74 Å². The molecule has 1 aromatic carbocycles. The van der Waals surface area contributed by atoms with E-state index >= 15 is 0 Å². The predicted octanol–water partition coefficient (Wildman–Crippen LogP) is 0.0834. The summed E-state index contributed by atoms with van der Waals surface area (Å²) in [6.45, 7) is 2.54. The molecule has 2 unspecified atom stereocenters. The van der Waals surface area contributed by atoms with Crippen LogP contribution in [0.3, 0.4) is 0 Å². The minimum absolute atomic E-state index is 0.115. The van der Waals surface area contributed by atoms with E-state index in [1.165, 1.54) is 18.2 Å². The monoisotopic (exact) mass is 371 g/mol. The van der Waals surface area contributed by atoms with Crippen LogP contribution in [0.1, 0.15) is 12.8 Å². The van der Waals surface area contributed by atoms with E-state index in [1.54, 1.807) is 4.90 Å². The molecule has 138 valence electrons. The second-order valence-corrected chi connectivity index (χ2v) is 7.98. The molecule has 2 atom stereocenters. The molecule has 2 aliphatic heterocycles. The molecule has 0 aliphatic carbocycles. The first-order valence-electron chi connectivity index (χ1n) is 8.35. The van der Waals surface area contributed by atoms with E-state index < -0.39 is 28.0 Å². The zero-order valence-electron chi connectivity index (χ0n) is 13.8. The van der Waals surface area contributed by atoms with Crippen LogP contribution in [0.25, 0.3) is 0 Å². The van der Waals surface area contributed by atoms with E-state index in [0.717, 1.165) is 12.6 Å². The highest BCUT2D eigenvalue weighted by Crippen LogP contribution is 2.17. The van der Waals surface area contributed by atoms with Gasteiger partial charge in [-0.05, 0) is 31.0 Å². The third-order valence-electron chi connectivity index (χ3n) is 4.36. The molecule has 0 spiro atoms. The number of halogens is 1. The first-order valence-corrected chi connectivity index (χ1v) is 9.83. The van der Waals surface area contributed by atoms with Crippen LogP contribution in [0.15, 0.2) is 29.2 Å². The fourth-order valence-corrected chi connectivity index (χ4v) is 4.42. The van der Waals surface area contributed by atoms with Gasteiger partial charge < -0.3 is 15.0 Å². The summed E-state index contributed by atoms with van der Waals surface area (Å²) in [5.74, 6) is -0.730. The van der Waals surface area contributed by atoms with Crippen molar-refractivity contribution in [2.24, 2.45) is 0 Å². The summed E-state index contributed by atoms with van der Waals surface area (Å²) in [4.78, 5) is 14.0. The largest absolute Gasteiger partial charge is 0.366 e. The Labute approximate surface area is 146 Å². The number of rotatable bonds is 4. The number of nitrogens with one attached hydrogen (secondary N) is 2. The number of hydrogen-bond acceptors (Lipinski definition) is 5. The number of carbonyl (C=O) groups is 1. The van der Waals surface area contributed by atoms with E-state index in [2.05, 4.69) is 10.0 Å². The molecule has 9 heteroatoms. The van der Waals surface area contributed by atoms with Crippen molar-refractivity contribution in [3.63, 3.8) is 0 Å². The average Bonchev–Trinajstić information content (AvgIpc) is 2.62. The fourth-order valence-electron chi connectivity index (χ4n) is 3.12. The van der Waals surface area contributed by atoms with Gasteiger partial charge in [-0.25, -0.2) is 17.5 Å². The fraction of sp³-hybridized carbons (Fsp3) is 0.562. The molecule has 0 bridgehead atoms. The topological polar surface area (TPSA) is 87.7 Å². The molecular weight excluding hydrogens is 349 g/mol. The van der Waals surface area contributed by atoms with Gasteiger partial charge in [0, 0.05) is 32.2 Å². The Morgan fingerprint density at radius 3 is 2.96 bits per heavy atom. The molecule has 25 heavy (non-hydrogen) atoms. The van der Waals surface area contributed by atoms with Crippen molar-refractivity contribution in [2.45, 2.75) is 29.9 Å². The summed E-state index contributed by atoms with van der Waals surface area (Å²) >= 11 is 0. The molecular formula is C16H22FN3O4S. The predicted molar refractivity (Wildman–Crippen MR) is 88.9 cm³/mol. The highest BCUT2D eigenvalue weighted by atomic mass is 32.2. The first-order chi connectivity index (χ1) is 12.0. The molecule has 1 aromatic rings. The minimum Gasteiger partial charge on any atom is -0.366 e. The van der Waals surface area contributed by atoms with Crippen molar-refractivity contribution in [1.82, 2.24) is 14.9 Å². The van der Waals surface area contributed by atoms with Crippen molar-refractivity contribution in [1.29, 1.82) is 0 Å². The molecule has 0 aromatic heterocycles. The highest BCUT2D eigenvalue weighted by Gasteiger charge is 2.32. The SMILES string of the molecule is O=C(C1CNCCO1)N1CCCC(NS(=O)(=O)c2cccc(F)c2)C1. The third kappa shape index (κ3) is 4.55. The Balaban J connectivity index is 1.64. The molecule has 2 N–H and O–H groups in total. The molecule has 2 heterocycles. The maximum absolute atomic E-state index is 13.3. The summed E-state index contributed by atoms with van der Waals surface area (Å²) in [5.41, 5.74) is 0. The van der Waals surface area contributed by atoms with Crippen LogP contribution in [0, 0.1) is 5.82 Å². The van der Waals surface area contributed by atoms with Crippen LogP contribution < -0.4 is 10.0 Å². The van der Waals surface area contributed by atoms with Crippen LogP contribution in [-0.2, 0) is 19.6 Å². The van der Waals surface area contributed by atoms with Gasteiger partial charge in [0.25, 0.3) is 5.91 Å². The smallest absolute Gasteiger partial charge is 0.253 e. The number of sulfonamides is 1. The average molecular weight is 371 g/mol. The van der Waals surface area contributed by atoms with Crippen LogP contribution >= 0.6 is 0 Å². The van der Waals surface area contributed by atoms with Gasteiger partial charge in [-0.3, -0.25) is 4.79 Å². The number of likely N-dealkylation sites (tertiary alicyclic amines) is 1. The number of benzene rings is 1. The molecule has 1 amide bonds. The second-order valence-electron chi connectivity index (χ2n) is 6.27. The quantitative estimate of drug-likeness (QED) is 0.783. The highest BCUT2D eigenvalue weighted by molar-refractivity contribution is 7.89. The number of nitrogens with zero attached hydrogens (tertiary/aromatic N) is 1. The Bertz CT molecular complexity index is 722. The Kier molecular flexibility index (Phi) is 5.67. The van der Waals surface area contributed by atoms with Crippen LogP contribution in [0.5, 0.6) is 0 Å². The lowest BCUT2D eigenvalue weighted by Crippen LogP contribution is -2.55. The normalized spacial score (nSPS) is 24.9. The van der Waals surface area contributed by atoms with Crippen molar-refractivity contribution < 1.29 is 22.3 Å². The standard InChI is InChI=1S/C16H22FN3O4S/c17-12-3-1-5-14(9-12)25(22,23)19-13-4-2-7-20(11-13)16(21)15-10-18-6-8-24-15/h1,3,5,9,13,15,18-19H,2,4,6-8,10-11H2. The number of piperidine rings is 1. The molecule has 2 saturated heterocycles. The third-order valence-corrected chi connectivity index (χ3v) is 5.88. The first kappa shape index (κ1) is 18.2. The van der Waals surface area contributed by atoms with Gasteiger partial charge in [-0.1, -0.05) is 6.07 Å². The minimum atomic E-state index is -3.83. The van der Waals surface area contributed by atoms with Crippen molar-refractivity contribution in [2.75, 3.05) is 32.8 Å². The van der Waals surface area contributed by atoms with Crippen LogP contribution in [0.4, 0.5) is 4.39 Å². The Morgan fingerprint density at radius 1 is 1.40 bits per heavy atom. The molecule has 0 radical (unpaired) electrons. The van der Waals surface area contributed by atoms with Crippen molar-refractivity contribution >= 4 is 15.9 Å². The molecule has 7 nitrogen and oxygen atoms in total. The summed E-state index contributed by atoms with van der Waals surface area (Å²) in [6, 6.07) is 4.48. The van der Waals surface area contributed by atoms with Gasteiger partial charge in [0.05, 0.1) is 11.5 Å². The number of hydrogen-bond donors (Lipinski definition) is 2. The molecule has 2 aliphatic rings. The van der Waals surface area contributed by atoms with Gasteiger partial charge in [0.1, 0.15) is 11.9 Å². The number of amides is 1. The Hall–Kier alpha value is -1.55. The van der Waals surface area contributed by atoms with E-state index in [0.29, 0.717) is 32.5 Å². The summed E-state index contributed by atoms with van der Waals surface area (Å²) in [7, 11) is -3.83. The zero-order valence-corrected chi connectivity index (χ0v) is 14.6. The van der Waals surface area contributed by atoms with E-state index in [1.807, 2.05) is 0 Å². The van der Waals surface area contributed by atoms with Gasteiger partial charge in [-0.2, -0.15) is 0 Å². The van der Waals surface area contributed by atoms with E-state index in [-0.39, 0.29) is 17.3 Å². The maximum Gasteiger partial charge on any atom is 0.253 e. The van der Waals surface area contributed by atoms with Gasteiger partial charge >= 0.3 is 0 Å². The number of ether oxygens (including phenoxy) is 1. The second kappa shape index (κ2) is 7.77. The molecule has 3 rings (SSSR count). The van der Waals surface area contributed by atoms with E-state index in [9.17, 15) is 17.6 Å².